The monoisotopic (exact) mass is 445 g/mol. The Morgan fingerprint density at radius 3 is 2.60 bits per heavy atom. The van der Waals surface area contributed by atoms with Gasteiger partial charge in [0.25, 0.3) is 0 Å². The van der Waals surface area contributed by atoms with Crippen molar-refractivity contribution in [3.8, 4) is 0 Å². The zero-order chi connectivity index (χ0) is 21.5. The van der Waals surface area contributed by atoms with Crippen molar-refractivity contribution in [3.05, 3.63) is 57.7 Å². The summed E-state index contributed by atoms with van der Waals surface area (Å²) in [5, 5.41) is 0. The minimum Gasteiger partial charge on any atom is -0.371 e. The van der Waals surface area contributed by atoms with Crippen LogP contribution in [0, 0.1) is 5.92 Å². The predicted molar refractivity (Wildman–Crippen MR) is 123 cm³/mol. The number of hydrogen-bond donors (Lipinski definition) is 1. The molecule has 0 unspecified atom stereocenters. The molecule has 0 aliphatic carbocycles. The van der Waals surface area contributed by atoms with Crippen LogP contribution >= 0.6 is 11.3 Å². The first-order valence-corrected chi connectivity index (χ1v) is 12.5. The van der Waals surface area contributed by atoms with E-state index in [-0.39, 0.29) is 15.8 Å². The van der Waals surface area contributed by atoms with E-state index in [1.807, 2.05) is 19.1 Å². The van der Waals surface area contributed by atoms with Crippen LogP contribution in [0.25, 0.3) is 10.2 Å². The number of aromatic nitrogens is 1. The SMILES string of the molecule is C[C@H]1CCCN(c2ccc([C@@H](C)NS(=O)(=O)c3ccc4c(c3)sc(=O)n4C)cc2)C1. The molecule has 160 valence electrons. The van der Waals surface area contributed by atoms with Gasteiger partial charge in [0.2, 0.25) is 10.0 Å². The van der Waals surface area contributed by atoms with Crippen molar-refractivity contribution in [1.82, 2.24) is 9.29 Å². The number of thiazole rings is 1. The van der Waals surface area contributed by atoms with Crippen LogP contribution in [0.1, 0.15) is 38.3 Å². The highest BCUT2D eigenvalue weighted by Crippen LogP contribution is 2.26. The maximum absolute atomic E-state index is 12.9. The lowest BCUT2D eigenvalue weighted by Gasteiger charge is -2.33. The fraction of sp³-hybridized carbons (Fsp3) is 0.409. The first kappa shape index (κ1) is 21.1. The van der Waals surface area contributed by atoms with Crippen LogP contribution in [0.2, 0.25) is 0 Å². The number of anilines is 1. The Kier molecular flexibility index (Phi) is 5.74. The molecule has 2 heterocycles. The van der Waals surface area contributed by atoms with Gasteiger partial charge < -0.3 is 9.47 Å². The van der Waals surface area contributed by atoms with Crippen molar-refractivity contribution in [2.75, 3.05) is 18.0 Å². The molecule has 0 radical (unpaired) electrons. The summed E-state index contributed by atoms with van der Waals surface area (Å²) in [4.78, 5) is 14.3. The highest BCUT2D eigenvalue weighted by molar-refractivity contribution is 7.89. The fourth-order valence-corrected chi connectivity index (χ4v) is 6.30. The minimum absolute atomic E-state index is 0.107. The second-order valence-corrected chi connectivity index (χ2v) is 10.9. The molecule has 1 fully saturated rings. The molecule has 6 nitrogen and oxygen atoms in total. The summed E-state index contributed by atoms with van der Waals surface area (Å²) in [5.74, 6) is 0.699. The topological polar surface area (TPSA) is 71.4 Å². The molecule has 2 atom stereocenters. The Hall–Kier alpha value is -2.16. The molecule has 0 bridgehead atoms. The summed E-state index contributed by atoms with van der Waals surface area (Å²) in [7, 11) is -2.02. The van der Waals surface area contributed by atoms with Crippen LogP contribution in [-0.4, -0.2) is 26.1 Å². The van der Waals surface area contributed by atoms with E-state index in [2.05, 4.69) is 28.7 Å². The third-order valence-corrected chi connectivity index (χ3v) is 8.36. The number of nitrogens with one attached hydrogen (secondary N) is 1. The van der Waals surface area contributed by atoms with Gasteiger partial charge in [0.15, 0.2) is 0 Å². The smallest absolute Gasteiger partial charge is 0.307 e. The van der Waals surface area contributed by atoms with Crippen molar-refractivity contribution >= 4 is 37.3 Å². The van der Waals surface area contributed by atoms with Gasteiger partial charge in [-0.1, -0.05) is 30.4 Å². The van der Waals surface area contributed by atoms with Gasteiger partial charge >= 0.3 is 4.87 Å². The van der Waals surface area contributed by atoms with Crippen LogP contribution in [-0.2, 0) is 17.1 Å². The summed E-state index contributed by atoms with van der Waals surface area (Å²) < 4.78 is 30.8. The molecule has 1 aromatic heterocycles. The zero-order valence-corrected chi connectivity index (χ0v) is 19.1. The van der Waals surface area contributed by atoms with Gasteiger partial charge in [-0.25, -0.2) is 13.1 Å². The number of hydrogen-bond acceptors (Lipinski definition) is 5. The van der Waals surface area contributed by atoms with Crippen molar-refractivity contribution in [2.45, 2.75) is 37.6 Å². The molecule has 3 aromatic rings. The standard InChI is InChI=1S/C22H27N3O3S2/c1-15-5-4-12-25(14-15)18-8-6-17(7-9-18)16(2)23-30(27,28)19-10-11-20-21(13-19)29-22(26)24(20)3/h6-11,13,15-16,23H,4-5,12,14H2,1-3H3/t15-,16+/m0/s1. The van der Waals surface area contributed by atoms with E-state index in [9.17, 15) is 13.2 Å². The molecule has 0 amide bonds. The van der Waals surface area contributed by atoms with E-state index in [4.69, 9.17) is 0 Å². The zero-order valence-electron chi connectivity index (χ0n) is 17.5. The Bertz CT molecular complexity index is 1210. The normalized spacial score (nSPS) is 18.6. The number of fused-ring (bicyclic) bond motifs is 1. The Balaban J connectivity index is 1.51. The van der Waals surface area contributed by atoms with Crippen LogP contribution in [0.15, 0.2) is 52.2 Å². The van der Waals surface area contributed by atoms with E-state index < -0.39 is 10.0 Å². The molecule has 1 N–H and O–H groups in total. The Morgan fingerprint density at radius 1 is 1.17 bits per heavy atom. The number of piperidine rings is 1. The van der Waals surface area contributed by atoms with Gasteiger partial charge in [-0.3, -0.25) is 4.79 Å². The van der Waals surface area contributed by atoms with Crippen LogP contribution in [0.4, 0.5) is 5.69 Å². The summed E-state index contributed by atoms with van der Waals surface area (Å²) in [6.45, 7) is 6.26. The van der Waals surface area contributed by atoms with E-state index in [1.54, 1.807) is 25.2 Å². The van der Waals surface area contributed by atoms with Gasteiger partial charge in [-0.05, 0) is 61.6 Å². The van der Waals surface area contributed by atoms with Gasteiger partial charge in [0.1, 0.15) is 0 Å². The molecule has 0 spiro atoms. The molecule has 8 heteroatoms. The van der Waals surface area contributed by atoms with Crippen LogP contribution in [0.5, 0.6) is 0 Å². The average Bonchev–Trinajstić information content (AvgIpc) is 3.01. The summed E-state index contributed by atoms with van der Waals surface area (Å²) in [6.07, 6.45) is 2.48. The number of sulfonamides is 1. The molecule has 30 heavy (non-hydrogen) atoms. The summed E-state index contributed by atoms with van der Waals surface area (Å²) >= 11 is 1.05. The molecule has 0 saturated carbocycles. The molecule has 4 rings (SSSR count). The van der Waals surface area contributed by atoms with Gasteiger partial charge in [-0.2, -0.15) is 0 Å². The maximum atomic E-state index is 12.9. The quantitative estimate of drug-likeness (QED) is 0.647. The molecule has 2 aromatic carbocycles. The molecular formula is C22H27N3O3S2. The van der Waals surface area contributed by atoms with E-state index in [0.717, 1.165) is 35.5 Å². The number of rotatable bonds is 5. The molecule has 1 saturated heterocycles. The Labute approximate surface area is 181 Å². The lowest BCUT2D eigenvalue weighted by atomic mass is 9.99. The number of nitrogens with zero attached hydrogens (tertiary/aromatic N) is 2. The average molecular weight is 446 g/mol. The van der Waals surface area contributed by atoms with Crippen molar-refractivity contribution in [1.29, 1.82) is 0 Å². The first-order chi connectivity index (χ1) is 14.2. The molecule has 1 aliphatic heterocycles. The van der Waals surface area contributed by atoms with Gasteiger partial charge in [0, 0.05) is 31.9 Å². The Morgan fingerprint density at radius 2 is 1.90 bits per heavy atom. The molecular weight excluding hydrogens is 418 g/mol. The lowest BCUT2D eigenvalue weighted by Crippen LogP contribution is -2.34. The highest BCUT2D eigenvalue weighted by atomic mass is 32.2. The highest BCUT2D eigenvalue weighted by Gasteiger charge is 2.21. The summed E-state index contributed by atoms with van der Waals surface area (Å²) in [5.41, 5.74) is 2.84. The molecule has 1 aliphatic rings. The first-order valence-electron chi connectivity index (χ1n) is 10.2. The number of aryl methyl sites for hydroxylation is 1. The maximum Gasteiger partial charge on any atom is 0.307 e. The second kappa shape index (κ2) is 8.17. The number of benzene rings is 2. The van der Waals surface area contributed by atoms with Crippen molar-refractivity contribution < 1.29 is 8.42 Å². The summed E-state index contributed by atoms with van der Waals surface area (Å²) in [6, 6.07) is 12.6. The van der Waals surface area contributed by atoms with Crippen molar-refractivity contribution in [2.24, 2.45) is 13.0 Å². The lowest BCUT2D eigenvalue weighted by molar-refractivity contribution is 0.447. The van der Waals surface area contributed by atoms with Gasteiger partial charge in [0.05, 0.1) is 15.1 Å². The predicted octanol–water partition coefficient (Wildman–Crippen LogP) is 3.88. The largest absolute Gasteiger partial charge is 0.371 e. The van der Waals surface area contributed by atoms with E-state index in [0.29, 0.717) is 10.6 Å². The van der Waals surface area contributed by atoms with Crippen LogP contribution < -0.4 is 14.5 Å². The van der Waals surface area contributed by atoms with Gasteiger partial charge in [-0.15, -0.1) is 0 Å². The second-order valence-electron chi connectivity index (χ2n) is 8.18. The van der Waals surface area contributed by atoms with E-state index in [1.165, 1.54) is 23.1 Å². The minimum atomic E-state index is -3.71. The fourth-order valence-electron chi connectivity index (χ4n) is 4.05. The third kappa shape index (κ3) is 4.17. The third-order valence-electron chi connectivity index (χ3n) is 5.82. The van der Waals surface area contributed by atoms with Crippen molar-refractivity contribution in [3.63, 3.8) is 0 Å². The van der Waals surface area contributed by atoms with E-state index >= 15 is 0 Å². The van der Waals surface area contributed by atoms with Crippen LogP contribution in [0.3, 0.4) is 0 Å².